The lowest BCUT2D eigenvalue weighted by molar-refractivity contribution is 0.0684. The van der Waals surface area contributed by atoms with Crippen LogP contribution in [0, 0.1) is 0 Å². The maximum atomic E-state index is 11.8. The first-order chi connectivity index (χ1) is 9.10. The highest BCUT2D eigenvalue weighted by molar-refractivity contribution is 5.93. The van der Waals surface area contributed by atoms with Crippen LogP contribution in [0.2, 0.25) is 0 Å². The van der Waals surface area contributed by atoms with Gasteiger partial charge in [-0.05, 0) is 24.1 Å². The molecule has 0 atom stereocenters. The van der Waals surface area contributed by atoms with E-state index in [0.29, 0.717) is 10.9 Å². The summed E-state index contributed by atoms with van der Waals surface area (Å²) < 4.78 is 0.970. The SMILES string of the molecule is CCc1ccc2c(c1)[nH]c(=O)n1nc(C(=O)O)nc21. The molecule has 3 aromatic rings. The van der Waals surface area contributed by atoms with E-state index in [1.54, 1.807) is 6.07 Å². The van der Waals surface area contributed by atoms with Crippen molar-refractivity contribution in [3.05, 3.63) is 40.1 Å². The molecule has 0 aliphatic rings. The number of nitrogens with zero attached hydrogens (tertiary/aromatic N) is 3. The Morgan fingerprint density at radius 1 is 1.47 bits per heavy atom. The number of rotatable bonds is 2. The van der Waals surface area contributed by atoms with E-state index in [0.717, 1.165) is 16.5 Å². The van der Waals surface area contributed by atoms with Crippen LogP contribution >= 0.6 is 0 Å². The van der Waals surface area contributed by atoms with E-state index in [9.17, 15) is 9.59 Å². The highest BCUT2D eigenvalue weighted by Crippen LogP contribution is 2.17. The highest BCUT2D eigenvalue weighted by Gasteiger charge is 2.15. The van der Waals surface area contributed by atoms with E-state index in [1.165, 1.54) is 0 Å². The van der Waals surface area contributed by atoms with Crippen molar-refractivity contribution in [2.24, 2.45) is 0 Å². The van der Waals surface area contributed by atoms with E-state index in [1.807, 2.05) is 19.1 Å². The Hall–Kier alpha value is -2.70. The van der Waals surface area contributed by atoms with E-state index in [-0.39, 0.29) is 5.65 Å². The number of aromatic nitrogens is 4. The molecule has 0 radical (unpaired) electrons. The molecule has 0 spiro atoms. The predicted octanol–water partition coefficient (Wildman–Crippen LogP) is 0.831. The van der Waals surface area contributed by atoms with Crippen molar-refractivity contribution < 1.29 is 9.90 Å². The molecule has 0 saturated carbocycles. The molecule has 96 valence electrons. The summed E-state index contributed by atoms with van der Waals surface area (Å²) in [7, 11) is 0. The summed E-state index contributed by atoms with van der Waals surface area (Å²) in [5, 5.41) is 13.2. The van der Waals surface area contributed by atoms with Gasteiger partial charge in [-0.3, -0.25) is 0 Å². The number of hydrogen-bond acceptors (Lipinski definition) is 4. The van der Waals surface area contributed by atoms with Gasteiger partial charge in [0.15, 0.2) is 5.65 Å². The molecule has 0 bridgehead atoms. The van der Waals surface area contributed by atoms with Crippen molar-refractivity contribution in [1.29, 1.82) is 0 Å². The largest absolute Gasteiger partial charge is 0.475 e. The quantitative estimate of drug-likeness (QED) is 0.709. The van der Waals surface area contributed by atoms with Crippen LogP contribution in [0.3, 0.4) is 0 Å². The molecule has 2 aromatic heterocycles. The Kier molecular flexibility index (Phi) is 2.34. The third-order valence-electron chi connectivity index (χ3n) is 2.97. The Morgan fingerprint density at radius 2 is 2.26 bits per heavy atom. The van der Waals surface area contributed by atoms with Crippen molar-refractivity contribution in [3.8, 4) is 0 Å². The molecule has 0 unspecified atom stereocenters. The van der Waals surface area contributed by atoms with Gasteiger partial charge < -0.3 is 10.1 Å². The number of aryl methyl sites for hydroxylation is 1. The number of benzene rings is 1. The summed E-state index contributed by atoms with van der Waals surface area (Å²) in [4.78, 5) is 29.3. The van der Waals surface area contributed by atoms with Gasteiger partial charge in [0.25, 0.3) is 5.82 Å². The van der Waals surface area contributed by atoms with Crippen molar-refractivity contribution in [3.63, 3.8) is 0 Å². The second-order valence-electron chi connectivity index (χ2n) is 4.14. The monoisotopic (exact) mass is 258 g/mol. The van der Waals surface area contributed by atoms with Gasteiger partial charge in [-0.2, -0.15) is 4.52 Å². The first-order valence-electron chi connectivity index (χ1n) is 5.75. The van der Waals surface area contributed by atoms with E-state index in [2.05, 4.69) is 15.1 Å². The Bertz CT molecular complexity index is 862. The number of carboxylic acids is 1. The Morgan fingerprint density at radius 3 is 2.95 bits per heavy atom. The molecule has 3 rings (SSSR count). The summed E-state index contributed by atoms with van der Waals surface area (Å²) in [5.74, 6) is -1.65. The molecule has 2 heterocycles. The molecule has 19 heavy (non-hydrogen) atoms. The first kappa shape index (κ1) is 11.4. The van der Waals surface area contributed by atoms with Gasteiger partial charge in [0.05, 0.1) is 5.52 Å². The number of aromatic carboxylic acids is 1. The second kappa shape index (κ2) is 3.91. The molecular weight excluding hydrogens is 248 g/mol. The number of nitrogens with one attached hydrogen (secondary N) is 1. The zero-order chi connectivity index (χ0) is 13.6. The number of H-pyrrole nitrogens is 1. The summed E-state index contributed by atoms with van der Waals surface area (Å²) >= 11 is 0. The minimum Gasteiger partial charge on any atom is -0.475 e. The predicted molar refractivity (Wildman–Crippen MR) is 67.5 cm³/mol. The normalized spacial score (nSPS) is 11.2. The van der Waals surface area contributed by atoms with Gasteiger partial charge in [-0.1, -0.05) is 13.0 Å². The lowest BCUT2D eigenvalue weighted by atomic mass is 10.1. The minimum absolute atomic E-state index is 0.249. The fourth-order valence-electron chi connectivity index (χ4n) is 2.00. The van der Waals surface area contributed by atoms with Crippen molar-refractivity contribution in [2.75, 3.05) is 0 Å². The van der Waals surface area contributed by atoms with Crippen LogP contribution in [-0.2, 0) is 6.42 Å². The van der Waals surface area contributed by atoms with Gasteiger partial charge in [0.1, 0.15) is 0 Å². The van der Waals surface area contributed by atoms with Crippen LogP contribution in [0.15, 0.2) is 23.0 Å². The molecule has 1 aromatic carbocycles. The molecule has 7 heteroatoms. The van der Waals surface area contributed by atoms with E-state index >= 15 is 0 Å². The summed E-state index contributed by atoms with van der Waals surface area (Å²) in [6.07, 6.45) is 0.843. The number of hydrogen-bond donors (Lipinski definition) is 2. The van der Waals surface area contributed by atoms with Crippen LogP contribution in [0.5, 0.6) is 0 Å². The van der Waals surface area contributed by atoms with Crippen LogP contribution in [-0.4, -0.2) is 30.7 Å². The van der Waals surface area contributed by atoms with Gasteiger partial charge >= 0.3 is 11.7 Å². The topological polar surface area (TPSA) is 100 Å². The standard InChI is InChI=1S/C12H10N4O3/c1-2-6-3-4-7-8(5-6)13-12(19)16-10(7)14-9(15-16)11(17)18/h3-5H,2H2,1H3,(H,13,19)(H,17,18). The fraction of sp³-hybridized carbons (Fsp3) is 0.167. The second-order valence-corrected chi connectivity index (χ2v) is 4.14. The highest BCUT2D eigenvalue weighted by atomic mass is 16.4. The van der Waals surface area contributed by atoms with E-state index < -0.39 is 17.5 Å². The number of aromatic amines is 1. The Balaban J connectivity index is 2.45. The zero-order valence-electron chi connectivity index (χ0n) is 10.0. The first-order valence-corrected chi connectivity index (χ1v) is 5.75. The molecule has 0 amide bonds. The van der Waals surface area contributed by atoms with Gasteiger partial charge in [-0.25, -0.2) is 14.6 Å². The lowest BCUT2D eigenvalue weighted by Crippen LogP contribution is -2.17. The van der Waals surface area contributed by atoms with Crippen LogP contribution in [0.1, 0.15) is 23.1 Å². The van der Waals surface area contributed by atoms with Gasteiger partial charge in [0, 0.05) is 5.39 Å². The minimum atomic E-state index is -1.26. The number of carboxylic acid groups (broad SMARTS) is 1. The van der Waals surface area contributed by atoms with Gasteiger partial charge in [0.2, 0.25) is 0 Å². The molecule has 0 aliphatic carbocycles. The third kappa shape index (κ3) is 1.67. The molecule has 7 nitrogen and oxygen atoms in total. The lowest BCUT2D eigenvalue weighted by Gasteiger charge is -2.01. The fourth-order valence-corrected chi connectivity index (χ4v) is 2.00. The zero-order valence-corrected chi connectivity index (χ0v) is 10.0. The molecular formula is C12H10N4O3. The summed E-state index contributed by atoms with van der Waals surface area (Å²) in [5.41, 5.74) is 1.45. The smallest absolute Gasteiger partial charge is 0.375 e. The molecule has 2 N–H and O–H groups in total. The van der Waals surface area contributed by atoms with Gasteiger partial charge in [-0.15, -0.1) is 5.10 Å². The molecule has 0 fully saturated rings. The Labute approximate surface area is 106 Å². The maximum Gasteiger partial charge on any atom is 0.375 e. The molecule has 0 saturated heterocycles. The number of carbonyl (C=O) groups is 1. The number of fused-ring (bicyclic) bond motifs is 3. The van der Waals surface area contributed by atoms with Crippen LogP contribution in [0.4, 0.5) is 0 Å². The average molecular weight is 258 g/mol. The summed E-state index contributed by atoms with van der Waals surface area (Å²) in [6, 6.07) is 5.57. The average Bonchev–Trinajstić information content (AvgIpc) is 2.84. The summed E-state index contributed by atoms with van der Waals surface area (Å²) in [6.45, 7) is 2.01. The maximum absolute atomic E-state index is 11.8. The molecule has 0 aliphatic heterocycles. The third-order valence-corrected chi connectivity index (χ3v) is 2.97. The van der Waals surface area contributed by atoms with Crippen molar-refractivity contribution in [2.45, 2.75) is 13.3 Å². The van der Waals surface area contributed by atoms with E-state index in [4.69, 9.17) is 5.11 Å². The van der Waals surface area contributed by atoms with Crippen molar-refractivity contribution >= 4 is 22.5 Å². The van der Waals surface area contributed by atoms with Crippen molar-refractivity contribution in [1.82, 2.24) is 19.6 Å². The van der Waals surface area contributed by atoms with Crippen LogP contribution in [0.25, 0.3) is 16.6 Å². The van der Waals surface area contributed by atoms with Crippen LogP contribution < -0.4 is 5.69 Å².